The van der Waals surface area contributed by atoms with Gasteiger partial charge >= 0.3 is 0 Å². The Labute approximate surface area is 176 Å². The van der Waals surface area contributed by atoms with Crippen molar-refractivity contribution in [2.45, 2.75) is 16.3 Å². The fourth-order valence-electron chi connectivity index (χ4n) is 3.49. The molecule has 3 heteroatoms. The molecule has 136 valence electrons. The van der Waals surface area contributed by atoms with Gasteiger partial charge in [-0.1, -0.05) is 84.9 Å². The van der Waals surface area contributed by atoms with Crippen LogP contribution in [0.1, 0.15) is 12.8 Å². The van der Waals surface area contributed by atoms with E-state index < -0.39 is 0 Å². The second kappa shape index (κ2) is 8.14. The Morgan fingerprint density at radius 3 is 1.52 bits per heavy atom. The standard InChI is InChI=1S/C20H14.C4H6Br2O/c1-3-11-17-15(7-1)9-5-13-19(17)20-14-6-10-16-8-2-4-12-18(16)20;5-4(6)2-1-3-7-4/h1-14H;1-3H2. The number of rotatable bonds is 1. The largest absolute Gasteiger partial charge is 0.354 e. The number of ether oxygens (including phenoxy) is 1. The molecule has 27 heavy (non-hydrogen) atoms. The van der Waals surface area contributed by atoms with Crippen LogP contribution in [-0.2, 0) is 4.74 Å². The van der Waals surface area contributed by atoms with Gasteiger partial charge in [-0.3, -0.25) is 0 Å². The van der Waals surface area contributed by atoms with Gasteiger partial charge in [-0.15, -0.1) is 0 Å². The quantitative estimate of drug-likeness (QED) is 0.250. The van der Waals surface area contributed by atoms with E-state index >= 15 is 0 Å². The number of hydrogen-bond donors (Lipinski definition) is 0. The number of benzene rings is 4. The normalized spacial score (nSPS) is 15.5. The Morgan fingerprint density at radius 2 is 1.11 bits per heavy atom. The zero-order chi connectivity index (χ0) is 18.7. The van der Waals surface area contributed by atoms with Gasteiger partial charge in [-0.05, 0) is 77.4 Å². The first-order valence-corrected chi connectivity index (χ1v) is 10.7. The topological polar surface area (TPSA) is 9.23 Å². The highest BCUT2D eigenvalue weighted by atomic mass is 79.9. The van der Waals surface area contributed by atoms with Gasteiger partial charge in [-0.25, -0.2) is 0 Å². The van der Waals surface area contributed by atoms with Crippen molar-refractivity contribution < 1.29 is 4.74 Å². The molecule has 4 aromatic rings. The Morgan fingerprint density at radius 1 is 0.630 bits per heavy atom. The smallest absolute Gasteiger partial charge is 0.177 e. The Kier molecular flexibility index (Phi) is 5.63. The third-order valence-corrected chi connectivity index (χ3v) is 6.05. The molecule has 0 saturated carbocycles. The Hall–Kier alpha value is -1.68. The summed E-state index contributed by atoms with van der Waals surface area (Å²) >= 11 is 6.67. The molecule has 4 aromatic carbocycles. The molecule has 0 spiro atoms. The SMILES string of the molecule is BrC1(Br)CCCO1.c1ccc2c(-c3cccc4ccccc34)cccc2c1. The lowest BCUT2D eigenvalue weighted by Crippen LogP contribution is -2.05. The van der Waals surface area contributed by atoms with Gasteiger partial charge in [0.05, 0.1) is 0 Å². The average Bonchev–Trinajstić information content (AvgIpc) is 3.12. The number of hydrogen-bond acceptors (Lipinski definition) is 1. The van der Waals surface area contributed by atoms with Crippen molar-refractivity contribution in [3.8, 4) is 11.1 Å². The van der Waals surface area contributed by atoms with Crippen molar-refractivity contribution in [2.24, 2.45) is 0 Å². The van der Waals surface area contributed by atoms with Crippen molar-refractivity contribution in [1.29, 1.82) is 0 Å². The van der Waals surface area contributed by atoms with Crippen LogP contribution in [0.25, 0.3) is 32.7 Å². The molecule has 1 saturated heterocycles. The molecule has 1 heterocycles. The molecule has 0 radical (unpaired) electrons. The summed E-state index contributed by atoms with van der Waals surface area (Å²) in [7, 11) is 0. The van der Waals surface area contributed by atoms with Crippen LogP contribution in [0.4, 0.5) is 0 Å². The van der Waals surface area contributed by atoms with Gasteiger partial charge in [-0.2, -0.15) is 0 Å². The minimum absolute atomic E-state index is 0.181. The maximum atomic E-state index is 5.17. The summed E-state index contributed by atoms with van der Waals surface area (Å²) in [5.41, 5.74) is 2.61. The monoisotopic (exact) mass is 482 g/mol. The zero-order valence-corrected chi connectivity index (χ0v) is 18.0. The first kappa shape index (κ1) is 18.7. The van der Waals surface area contributed by atoms with Crippen molar-refractivity contribution in [2.75, 3.05) is 6.61 Å². The first-order chi connectivity index (χ1) is 13.1. The second-order valence-electron chi connectivity index (χ2n) is 6.64. The lowest BCUT2D eigenvalue weighted by atomic mass is 9.94. The molecule has 0 atom stereocenters. The molecule has 5 rings (SSSR count). The molecule has 1 fully saturated rings. The predicted molar refractivity (Wildman–Crippen MR) is 123 cm³/mol. The first-order valence-electron chi connectivity index (χ1n) is 9.12. The van der Waals surface area contributed by atoms with Crippen LogP contribution in [0.5, 0.6) is 0 Å². The van der Waals surface area contributed by atoms with Crippen LogP contribution < -0.4 is 0 Å². The van der Waals surface area contributed by atoms with E-state index in [2.05, 4.69) is 117 Å². The van der Waals surface area contributed by atoms with Gasteiger partial charge in [0.25, 0.3) is 0 Å². The van der Waals surface area contributed by atoms with Crippen LogP contribution >= 0.6 is 31.9 Å². The molecular formula is C24H20Br2O. The third kappa shape index (κ3) is 4.26. The second-order valence-corrected chi connectivity index (χ2v) is 10.3. The molecule has 0 bridgehead atoms. The van der Waals surface area contributed by atoms with Crippen LogP contribution in [-0.4, -0.2) is 10.0 Å². The molecule has 0 N–H and O–H groups in total. The maximum Gasteiger partial charge on any atom is 0.177 e. The van der Waals surface area contributed by atoms with Crippen molar-refractivity contribution >= 4 is 53.4 Å². The van der Waals surface area contributed by atoms with E-state index in [1.54, 1.807) is 0 Å². The minimum Gasteiger partial charge on any atom is -0.354 e. The van der Waals surface area contributed by atoms with Crippen LogP contribution in [0.2, 0.25) is 0 Å². The maximum absolute atomic E-state index is 5.17. The average molecular weight is 484 g/mol. The third-order valence-electron chi connectivity index (χ3n) is 4.79. The molecule has 0 aromatic heterocycles. The minimum atomic E-state index is -0.181. The van der Waals surface area contributed by atoms with Gasteiger partial charge in [0.15, 0.2) is 3.42 Å². The van der Waals surface area contributed by atoms with E-state index in [-0.39, 0.29) is 3.42 Å². The number of alkyl halides is 2. The van der Waals surface area contributed by atoms with Crippen LogP contribution in [0.15, 0.2) is 84.9 Å². The molecule has 0 aliphatic carbocycles. The van der Waals surface area contributed by atoms with Crippen molar-refractivity contribution in [3.05, 3.63) is 84.9 Å². The van der Waals surface area contributed by atoms with Gasteiger partial charge in [0, 0.05) is 6.61 Å². The Bertz CT molecular complexity index is 976. The summed E-state index contributed by atoms with van der Waals surface area (Å²) in [6, 6.07) is 30.2. The number of halogens is 2. The van der Waals surface area contributed by atoms with Gasteiger partial charge < -0.3 is 4.74 Å². The lowest BCUT2D eigenvalue weighted by molar-refractivity contribution is 0.160. The lowest BCUT2D eigenvalue weighted by Gasteiger charge is -2.10. The summed E-state index contributed by atoms with van der Waals surface area (Å²) in [4.78, 5) is 0. The molecule has 0 amide bonds. The van der Waals surface area contributed by atoms with E-state index in [4.69, 9.17) is 4.74 Å². The summed E-state index contributed by atoms with van der Waals surface area (Å²) in [5, 5.41) is 5.20. The molecule has 1 aliphatic rings. The molecular weight excluding hydrogens is 464 g/mol. The van der Waals surface area contributed by atoms with Gasteiger partial charge in [0.1, 0.15) is 0 Å². The summed E-state index contributed by atoms with van der Waals surface area (Å²) < 4.78 is 4.99. The molecule has 1 nitrogen and oxygen atoms in total. The van der Waals surface area contributed by atoms with E-state index in [0.29, 0.717) is 0 Å². The summed E-state index contributed by atoms with van der Waals surface area (Å²) in [6.07, 6.45) is 2.21. The van der Waals surface area contributed by atoms with Crippen molar-refractivity contribution in [3.63, 3.8) is 0 Å². The van der Waals surface area contributed by atoms with E-state index in [0.717, 1.165) is 19.4 Å². The Balaban J connectivity index is 0.000000218. The number of fused-ring (bicyclic) bond motifs is 2. The highest BCUT2D eigenvalue weighted by molar-refractivity contribution is 9.25. The fourth-order valence-corrected chi connectivity index (χ4v) is 4.38. The summed E-state index contributed by atoms with van der Waals surface area (Å²) in [5.74, 6) is 0. The summed E-state index contributed by atoms with van der Waals surface area (Å²) in [6.45, 7) is 0.872. The highest BCUT2D eigenvalue weighted by Gasteiger charge is 2.27. The van der Waals surface area contributed by atoms with Crippen LogP contribution in [0.3, 0.4) is 0 Å². The van der Waals surface area contributed by atoms with E-state index in [1.165, 1.54) is 32.7 Å². The zero-order valence-electron chi connectivity index (χ0n) is 14.9. The van der Waals surface area contributed by atoms with Crippen molar-refractivity contribution in [1.82, 2.24) is 0 Å². The van der Waals surface area contributed by atoms with Crippen LogP contribution in [0, 0.1) is 0 Å². The molecule has 0 unspecified atom stereocenters. The predicted octanol–water partition coefficient (Wildman–Crippen LogP) is 7.90. The molecule has 1 aliphatic heterocycles. The van der Waals surface area contributed by atoms with E-state index in [1.807, 2.05) is 0 Å². The van der Waals surface area contributed by atoms with Gasteiger partial charge in [0.2, 0.25) is 0 Å². The highest BCUT2D eigenvalue weighted by Crippen LogP contribution is 2.37. The van der Waals surface area contributed by atoms with E-state index in [9.17, 15) is 0 Å². The fraction of sp³-hybridized carbons (Fsp3) is 0.167.